The van der Waals surface area contributed by atoms with E-state index in [4.69, 9.17) is 4.65 Å². The average molecular weight is 252 g/mol. The molecule has 4 nitrogen and oxygen atoms in total. The molecule has 1 aliphatic heterocycles. The van der Waals surface area contributed by atoms with Crippen LogP contribution in [0.15, 0.2) is 11.5 Å². The van der Waals surface area contributed by atoms with E-state index < -0.39 is 0 Å². The number of hydrogen-bond acceptors (Lipinski definition) is 3. The first kappa shape index (κ1) is 15.1. The van der Waals surface area contributed by atoms with E-state index in [9.17, 15) is 4.79 Å². The first-order valence-electron chi connectivity index (χ1n) is 6.20. The summed E-state index contributed by atoms with van der Waals surface area (Å²) in [6, 6.07) is 0. The van der Waals surface area contributed by atoms with Crippen molar-refractivity contribution >= 4 is 13.6 Å². The molecule has 0 N–H and O–H groups in total. The Hall–Kier alpha value is -0.965. The van der Waals surface area contributed by atoms with Gasteiger partial charge in [0.2, 0.25) is 0 Å². The summed E-state index contributed by atoms with van der Waals surface area (Å²) in [5, 5.41) is 0. The van der Waals surface area contributed by atoms with E-state index in [1.54, 1.807) is 12.4 Å². The van der Waals surface area contributed by atoms with Gasteiger partial charge in [0, 0.05) is 13.1 Å². The Morgan fingerprint density at radius 1 is 1.33 bits per heavy atom. The Kier molecular flexibility index (Phi) is 4.48. The fourth-order valence-electron chi connectivity index (χ4n) is 1.33. The van der Waals surface area contributed by atoms with E-state index in [1.807, 2.05) is 6.08 Å². The van der Waals surface area contributed by atoms with Crippen LogP contribution < -0.4 is 0 Å². The minimum atomic E-state index is -0.301. The SMILES string of the molecule is COC(=O)N1CC=C([B]OC(C)(C)C(C)(C)C)C1. The van der Waals surface area contributed by atoms with Gasteiger partial charge in [-0.1, -0.05) is 32.3 Å². The highest BCUT2D eigenvalue weighted by Gasteiger charge is 2.34. The number of nitrogens with zero attached hydrogens (tertiary/aromatic N) is 1. The molecular weight excluding hydrogens is 229 g/mol. The number of methoxy groups -OCH3 is 1. The average Bonchev–Trinajstić information content (AvgIpc) is 2.72. The maximum Gasteiger partial charge on any atom is 0.410 e. The third-order valence-corrected chi connectivity index (χ3v) is 3.69. The lowest BCUT2D eigenvalue weighted by molar-refractivity contribution is 0.00421. The van der Waals surface area contributed by atoms with Gasteiger partial charge < -0.3 is 14.3 Å². The lowest BCUT2D eigenvalue weighted by Crippen LogP contribution is -2.41. The largest absolute Gasteiger partial charge is 0.453 e. The van der Waals surface area contributed by atoms with Crippen molar-refractivity contribution in [3.05, 3.63) is 11.5 Å². The molecule has 0 bridgehead atoms. The molecule has 0 saturated heterocycles. The molecule has 0 atom stereocenters. The second-order valence-electron chi connectivity index (χ2n) is 6.13. The Labute approximate surface area is 111 Å². The summed E-state index contributed by atoms with van der Waals surface area (Å²) in [7, 11) is 3.15. The molecule has 0 saturated carbocycles. The van der Waals surface area contributed by atoms with Crippen LogP contribution in [0, 0.1) is 5.41 Å². The number of carbonyl (C=O) groups excluding carboxylic acids is 1. The van der Waals surface area contributed by atoms with Gasteiger partial charge in [-0.25, -0.2) is 4.79 Å². The molecule has 0 spiro atoms. The molecule has 1 radical (unpaired) electrons. The fraction of sp³-hybridized carbons (Fsp3) is 0.769. The molecule has 0 aromatic heterocycles. The third-order valence-electron chi connectivity index (χ3n) is 3.69. The molecule has 0 aromatic rings. The van der Waals surface area contributed by atoms with Crippen molar-refractivity contribution in [3.8, 4) is 0 Å². The zero-order valence-corrected chi connectivity index (χ0v) is 12.2. The summed E-state index contributed by atoms with van der Waals surface area (Å²) in [5.41, 5.74) is 0.801. The summed E-state index contributed by atoms with van der Waals surface area (Å²) in [6.07, 6.45) is 1.68. The van der Waals surface area contributed by atoms with E-state index in [1.165, 1.54) is 7.11 Å². The zero-order valence-electron chi connectivity index (χ0n) is 12.2. The Balaban J connectivity index is 2.45. The topological polar surface area (TPSA) is 38.8 Å². The van der Waals surface area contributed by atoms with Gasteiger partial charge in [0.25, 0.3) is 0 Å². The Bertz CT molecular complexity index is 345. The van der Waals surface area contributed by atoms with Gasteiger partial charge in [0.15, 0.2) is 0 Å². The van der Waals surface area contributed by atoms with Crippen molar-refractivity contribution in [1.82, 2.24) is 4.90 Å². The van der Waals surface area contributed by atoms with Crippen LogP contribution in [0.2, 0.25) is 0 Å². The first-order valence-corrected chi connectivity index (χ1v) is 6.20. The molecule has 5 heteroatoms. The monoisotopic (exact) mass is 252 g/mol. The predicted molar refractivity (Wildman–Crippen MR) is 72.4 cm³/mol. The second-order valence-corrected chi connectivity index (χ2v) is 6.13. The quantitative estimate of drug-likeness (QED) is 0.724. The van der Waals surface area contributed by atoms with Crippen LogP contribution in [0.1, 0.15) is 34.6 Å². The molecule has 18 heavy (non-hydrogen) atoms. The highest BCUT2D eigenvalue weighted by atomic mass is 16.5. The molecule has 0 fully saturated rings. The number of ether oxygens (including phenoxy) is 1. The maximum atomic E-state index is 11.3. The summed E-state index contributed by atoms with van der Waals surface area (Å²) in [5.74, 6) is 0. The van der Waals surface area contributed by atoms with E-state index in [0.29, 0.717) is 13.1 Å². The van der Waals surface area contributed by atoms with Crippen molar-refractivity contribution in [1.29, 1.82) is 0 Å². The fourth-order valence-corrected chi connectivity index (χ4v) is 1.33. The van der Waals surface area contributed by atoms with Crippen LogP contribution in [-0.4, -0.2) is 44.3 Å². The van der Waals surface area contributed by atoms with Gasteiger partial charge >= 0.3 is 13.6 Å². The van der Waals surface area contributed by atoms with Crippen molar-refractivity contribution in [2.24, 2.45) is 5.41 Å². The molecule has 0 unspecified atom stereocenters. The lowest BCUT2D eigenvalue weighted by atomic mass is 9.76. The van der Waals surface area contributed by atoms with Crippen LogP contribution in [0.25, 0.3) is 0 Å². The van der Waals surface area contributed by atoms with Gasteiger partial charge in [0.05, 0.1) is 12.7 Å². The standard InChI is InChI=1S/C13H23BNO3/c1-12(2,3)13(4,5)18-14-10-7-8-15(9-10)11(16)17-6/h7H,8-9H2,1-6H3. The number of amides is 1. The van der Waals surface area contributed by atoms with Crippen LogP contribution in [0.4, 0.5) is 4.79 Å². The number of carbonyl (C=O) groups is 1. The molecule has 0 aromatic carbocycles. The van der Waals surface area contributed by atoms with Crippen molar-refractivity contribution < 1.29 is 14.2 Å². The first-order chi connectivity index (χ1) is 8.17. The smallest absolute Gasteiger partial charge is 0.410 e. The minimum absolute atomic E-state index is 0.0463. The molecule has 101 valence electrons. The minimum Gasteiger partial charge on any atom is -0.453 e. The number of hydrogen-bond donors (Lipinski definition) is 0. The van der Waals surface area contributed by atoms with E-state index in [-0.39, 0.29) is 17.1 Å². The summed E-state index contributed by atoms with van der Waals surface area (Å²) in [6.45, 7) is 11.7. The maximum absolute atomic E-state index is 11.3. The van der Waals surface area contributed by atoms with E-state index >= 15 is 0 Å². The molecular formula is C13H23BNO3. The Morgan fingerprint density at radius 2 is 1.94 bits per heavy atom. The van der Waals surface area contributed by atoms with Crippen LogP contribution in [0.5, 0.6) is 0 Å². The number of rotatable bonds is 3. The molecule has 1 amide bonds. The highest BCUT2D eigenvalue weighted by molar-refractivity contribution is 6.38. The van der Waals surface area contributed by atoms with Gasteiger partial charge in [-0.3, -0.25) is 0 Å². The van der Waals surface area contributed by atoms with Crippen LogP contribution >= 0.6 is 0 Å². The summed E-state index contributed by atoms with van der Waals surface area (Å²) in [4.78, 5) is 13.0. The third kappa shape index (κ3) is 3.51. The Morgan fingerprint density at radius 3 is 2.44 bits per heavy atom. The van der Waals surface area contributed by atoms with E-state index in [2.05, 4.69) is 39.4 Å². The molecule has 1 rings (SSSR count). The van der Waals surface area contributed by atoms with E-state index in [0.717, 1.165) is 5.47 Å². The molecule has 0 aliphatic carbocycles. The van der Waals surface area contributed by atoms with Gasteiger partial charge in [0.1, 0.15) is 0 Å². The second kappa shape index (κ2) is 5.35. The van der Waals surface area contributed by atoms with Crippen molar-refractivity contribution in [3.63, 3.8) is 0 Å². The van der Waals surface area contributed by atoms with Gasteiger partial charge in [-0.05, 0) is 19.3 Å². The zero-order chi connectivity index (χ0) is 14.0. The summed E-state index contributed by atoms with van der Waals surface area (Å²) >= 11 is 0. The predicted octanol–water partition coefficient (Wildman–Crippen LogP) is 2.41. The van der Waals surface area contributed by atoms with Crippen molar-refractivity contribution in [2.75, 3.05) is 20.2 Å². The lowest BCUT2D eigenvalue weighted by Gasteiger charge is -2.39. The molecule has 1 aliphatic rings. The normalized spacial score (nSPS) is 16.6. The van der Waals surface area contributed by atoms with Crippen molar-refractivity contribution in [2.45, 2.75) is 40.2 Å². The van der Waals surface area contributed by atoms with Crippen LogP contribution in [0.3, 0.4) is 0 Å². The van der Waals surface area contributed by atoms with Gasteiger partial charge in [-0.15, -0.1) is 0 Å². The molecule has 1 heterocycles. The highest BCUT2D eigenvalue weighted by Crippen LogP contribution is 2.33. The van der Waals surface area contributed by atoms with Gasteiger partial charge in [-0.2, -0.15) is 0 Å². The summed E-state index contributed by atoms with van der Waals surface area (Å²) < 4.78 is 10.5. The van der Waals surface area contributed by atoms with Crippen LogP contribution in [-0.2, 0) is 9.39 Å².